The van der Waals surface area contributed by atoms with Crippen LogP contribution in [0.3, 0.4) is 0 Å². The van der Waals surface area contributed by atoms with Gasteiger partial charge in [0.25, 0.3) is 0 Å². The van der Waals surface area contributed by atoms with E-state index in [1.807, 2.05) is 33.8 Å². The van der Waals surface area contributed by atoms with Crippen molar-refractivity contribution in [2.75, 3.05) is 6.61 Å². The molecule has 0 aliphatic heterocycles. The minimum Gasteiger partial charge on any atom is -1.00 e. The van der Waals surface area contributed by atoms with Crippen molar-refractivity contribution in [3.05, 3.63) is 42.5 Å². The van der Waals surface area contributed by atoms with Gasteiger partial charge in [0, 0.05) is 0 Å². The van der Waals surface area contributed by atoms with Crippen molar-refractivity contribution in [1.82, 2.24) is 0 Å². The zero-order valence-corrected chi connectivity index (χ0v) is 9.67. The monoisotopic (exact) mass is 206 g/mol. The van der Waals surface area contributed by atoms with Gasteiger partial charge in [0.15, 0.2) is 0 Å². The smallest absolute Gasteiger partial charge is 1.00 e. The largest absolute Gasteiger partial charge is 1.00 e. The minimum absolute atomic E-state index is 0. The molecule has 0 saturated carbocycles. The van der Waals surface area contributed by atoms with Gasteiger partial charge < -0.3 is 12.4 Å². The third-order valence-corrected chi connectivity index (χ3v) is 2.30. The second-order valence-corrected chi connectivity index (χ2v) is 3.33. The molecule has 0 aliphatic rings. The first-order valence-corrected chi connectivity index (χ1v) is 4.64. The first-order chi connectivity index (χ1) is 5.84. The van der Waals surface area contributed by atoms with E-state index in [1.165, 1.54) is 9.26 Å². The minimum atomic E-state index is 0. The standard InChI is InChI=1S/C10H11O.ClH.Mg/c1-2-8-11-9-10-6-4-3-5-7-10;;/h2-6H,1,8-9H2;1H;/q;;+1/p-1. The Kier molecular flexibility index (Phi) is 7.37. The first kappa shape index (κ1) is 13.0. The molecule has 0 saturated heterocycles. The van der Waals surface area contributed by atoms with Crippen molar-refractivity contribution in [2.24, 2.45) is 0 Å². The Bertz CT molecular complexity index is 263. The molecule has 0 amide bonds. The van der Waals surface area contributed by atoms with E-state index in [9.17, 15) is 0 Å². The summed E-state index contributed by atoms with van der Waals surface area (Å²) >= 11 is 1.89. The number of ether oxygens (including phenoxy) is 1. The summed E-state index contributed by atoms with van der Waals surface area (Å²) in [5.74, 6) is 0. The van der Waals surface area contributed by atoms with Crippen molar-refractivity contribution < 1.29 is 17.1 Å². The van der Waals surface area contributed by atoms with Gasteiger partial charge in [-0.2, -0.15) is 0 Å². The molecule has 1 rings (SSSR count). The maximum absolute atomic E-state index is 5.34. The van der Waals surface area contributed by atoms with Crippen LogP contribution in [0.2, 0.25) is 0 Å². The Labute approximate surface area is 98.0 Å². The molecular formula is C10H11ClMgO. The molecule has 0 aromatic heterocycles. The predicted molar refractivity (Wildman–Crippen MR) is 51.7 cm³/mol. The molecule has 0 spiro atoms. The summed E-state index contributed by atoms with van der Waals surface area (Å²) in [5.41, 5.74) is 1.26. The van der Waals surface area contributed by atoms with Crippen LogP contribution in [-0.4, -0.2) is 28.3 Å². The van der Waals surface area contributed by atoms with Gasteiger partial charge in [-0.15, -0.1) is 0 Å². The van der Waals surface area contributed by atoms with Crippen LogP contribution in [0.5, 0.6) is 0 Å². The molecule has 1 aromatic carbocycles. The fourth-order valence-electron chi connectivity index (χ4n) is 0.951. The topological polar surface area (TPSA) is 9.23 Å². The molecule has 0 radical (unpaired) electrons. The summed E-state index contributed by atoms with van der Waals surface area (Å²) in [6.45, 7) is 4.90. The summed E-state index contributed by atoms with van der Waals surface area (Å²) in [6.07, 6.45) is 1.76. The Morgan fingerprint density at radius 3 is 2.69 bits per heavy atom. The number of hydrogen-bond acceptors (Lipinski definition) is 1. The Morgan fingerprint density at radius 2 is 2.08 bits per heavy atom. The zero-order valence-electron chi connectivity index (χ0n) is 7.50. The van der Waals surface area contributed by atoms with Crippen LogP contribution in [0.1, 0.15) is 5.56 Å². The van der Waals surface area contributed by atoms with Crippen LogP contribution in [0, 0.1) is 0 Å². The average molecular weight is 207 g/mol. The maximum atomic E-state index is 5.34. The van der Waals surface area contributed by atoms with E-state index in [4.69, 9.17) is 4.74 Å². The third-order valence-electron chi connectivity index (χ3n) is 1.61. The quantitative estimate of drug-likeness (QED) is 0.321. The summed E-state index contributed by atoms with van der Waals surface area (Å²) in [4.78, 5) is 0. The summed E-state index contributed by atoms with van der Waals surface area (Å²) < 4.78 is 6.64. The second kappa shape index (κ2) is 7.39. The van der Waals surface area contributed by atoms with Crippen molar-refractivity contribution in [3.8, 4) is 0 Å². The van der Waals surface area contributed by atoms with Crippen LogP contribution in [0.25, 0.3) is 0 Å². The Morgan fingerprint density at radius 1 is 1.38 bits per heavy atom. The fraction of sp³-hybridized carbons (Fsp3) is 0.200. The number of hydrogen-bond donors (Lipinski definition) is 0. The van der Waals surface area contributed by atoms with Gasteiger partial charge in [-0.3, -0.25) is 0 Å². The van der Waals surface area contributed by atoms with E-state index in [1.54, 1.807) is 6.08 Å². The Hall–Kier alpha value is -0.0238. The zero-order chi connectivity index (χ0) is 8.81. The molecule has 1 aromatic rings. The molecule has 1 nitrogen and oxygen atoms in total. The van der Waals surface area contributed by atoms with Crippen LogP contribution in [0.15, 0.2) is 36.9 Å². The van der Waals surface area contributed by atoms with Crippen molar-refractivity contribution in [1.29, 1.82) is 0 Å². The molecule has 0 fully saturated rings. The first-order valence-electron chi connectivity index (χ1n) is 3.93. The van der Waals surface area contributed by atoms with Gasteiger partial charge >= 0.3 is 85.8 Å². The summed E-state index contributed by atoms with van der Waals surface area (Å²) in [5, 5.41) is 0. The average Bonchev–Trinajstić information content (AvgIpc) is 2.09. The molecule has 0 unspecified atom stereocenters. The SMILES string of the molecule is C=CCOCc1cccc[c]1[Mg+].[Cl-]. The van der Waals surface area contributed by atoms with Gasteiger partial charge in [-0.05, 0) is 0 Å². The van der Waals surface area contributed by atoms with E-state index < -0.39 is 0 Å². The predicted octanol–water partition coefficient (Wildman–Crippen LogP) is -1.81. The van der Waals surface area contributed by atoms with Crippen LogP contribution < -0.4 is 16.1 Å². The summed E-state index contributed by atoms with van der Waals surface area (Å²) in [7, 11) is 0. The van der Waals surface area contributed by atoms with Gasteiger partial charge in [0.1, 0.15) is 0 Å². The van der Waals surface area contributed by atoms with Crippen molar-refractivity contribution >= 4 is 25.4 Å². The van der Waals surface area contributed by atoms with Gasteiger partial charge in [-0.1, -0.05) is 0 Å². The number of rotatable bonds is 4. The molecule has 66 valence electrons. The molecular weight excluding hydrogens is 196 g/mol. The molecule has 13 heavy (non-hydrogen) atoms. The molecule has 0 atom stereocenters. The third kappa shape index (κ3) is 4.67. The molecule has 0 N–H and O–H groups in total. The summed E-state index contributed by atoms with van der Waals surface area (Å²) in [6, 6.07) is 8.26. The van der Waals surface area contributed by atoms with Gasteiger partial charge in [-0.25, -0.2) is 0 Å². The van der Waals surface area contributed by atoms with Crippen molar-refractivity contribution in [2.45, 2.75) is 6.61 Å². The normalized spacial score (nSPS) is 9.08. The fourth-order valence-corrected chi connectivity index (χ4v) is 1.31. The number of halogens is 1. The van der Waals surface area contributed by atoms with Gasteiger partial charge in [0.2, 0.25) is 0 Å². The van der Waals surface area contributed by atoms with Crippen LogP contribution in [0.4, 0.5) is 0 Å². The van der Waals surface area contributed by atoms with E-state index in [0.717, 1.165) is 0 Å². The molecule has 0 aliphatic carbocycles. The molecule has 0 heterocycles. The molecule has 3 heteroatoms. The van der Waals surface area contributed by atoms with Gasteiger partial charge in [0.05, 0.1) is 0 Å². The maximum Gasteiger partial charge on any atom is -1.00 e. The second-order valence-electron chi connectivity index (χ2n) is 2.57. The Balaban J connectivity index is 0.00000144. The van der Waals surface area contributed by atoms with E-state index in [-0.39, 0.29) is 12.4 Å². The van der Waals surface area contributed by atoms with Crippen LogP contribution in [-0.2, 0) is 11.3 Å². The number of benzene rings is 1. The van der Waals surface area contributed by atoms with E-state index in [0.29, 0.717) is 13.2 Å². The molecule has 0 bridgehead atoms. The van der Waals surface area contributed by atoms with E-state index in [2.05, 4.69) is 18.7 Å². The van der Waals surface area contributed by atoms with E-state index >= 15 is 0 Å². The van der Waals surface area contributed by atoms with Crippen LogP contribution >= 0.6 is 0 Å². The van der Waals surface area contributed by atoms with Crippen molar-refractivity contribution in [3.63, 3.8) is 0 Å².